The number of carbonyl (C=O) groups excluding carboxylic acids is 1. The first-order valence-corrected chi connectivity index (χ1v) is 8.32. The molecular formula is C16H24N8O. The summed E-state index contributed by atoms with van der Waals surface area (Å²) in [7, 11) is 5.63. The van der Waals surface area contributed by atoms with Crippen LogP contribution in [-0.2, 0) is 11.8 Å². The maximum absolute atomic E-state index is 12.6. The van der Waals surface area contributed by atoms with Crippen LogP contribution in [0.1, 0.15) is 25.6 Å². The molecule has 1 amide bonds. The average molecular weight is 344 g/mol. The lowest BCUT2D eigenvalue weighted by Gasteiger charge is -2.33. The van der Waals surface area contributed by atoms with Gasteiger partial charge in [0, 0.05) is 46.3 Å². The zero-order valence-corrected chi connectivity index (χ0v) is 15.3. The van der Waals surface area contributed by atoms with Gasteiger partial charge in [0.2, 0.25) is 17.8 Å². The normalized spacial score (nSPS) is 15.2. The van der Waals surface area contributed by atoms with Gasteiger partial charge in [-0.05, 0) is 0 Å². The van der Waals surface area contributed by atoms with Crippen LogP contribution in [0.4, 0.5) is 17.6 Å². The van der Waals surface area contributed by atoms with Crippen molar-refractivity contribution in [1.29, 1.82) is 0 Å². The van der Waals surface area contributed by atoms with E-state index in [0.29, 0.717) is 25.0 Å². The Morgan fingerprint density at radius 3 is 2.48 bits per heavy atom. The molecule has 0 spiro atoms. The largest absolute Gasteiger partial charge is 0.347 e. The summed E-state index contributed by atoms with van der Waals surface area (Å²) in [5.74, 6) is 2.10. The standard InChI is InChI=1S/C16H24N8O/c1-11(2)14-18-15(21(3)4)20-16(19-14)23-6-7-24(13(25)10-23)12-8-17-22(5)9-12/h8-9,11H,6-7,10H2,1-5H3. The lowest BCUT2D eigenvalue weighted by atomic mass is 10.2. The van der Waals surface area contributed by atoms with E-state index in [4.69, 9.17) is 0 Å². The van der Waals surface area contributed by atoms with E-state index in [1.165, 1.54) is 0 Å². The van der Waals surface area contributed by atoms with Crippen LogP contribution in [0.2, 0.25) is 0 Å². The number of hydrogen-bond acceptors (Lipinski definition) is 7. The fourth-order valence-electron chi connectivity index (χ4n) is 2.63. The molecule has 0 unspecified atom stereocenters. The number of aromatic nitrogens is 5. The number of aryl methyl sites for hydroxylation is 1. The predicted molar refractivity (Wildman–Crippen MR) is 96.0 cm³/mol. The smallest absolute Gasteiger partial charge is 0.246 e. The molecule has 9 heteroatoms. The summed E-state index contributed by atoms with van der Waals surface area (Å²) in [6.45, 7) is 5.57. The van der Waals surface area contributed by atoms with Crippen molar-refractivity contribution in [3.05, 3.63) is 18.2 Å². The van der Waals surface area contributed by atoms with Crippen LogP contribution in [0, 0.1) is 0 Å². The van der Waals surface area contributed by atoms with Crippen LogP contribution in [0.15, 0.2) is 12.4 Å². The van der Waals surface area contributed by atoms with E-state index in [1.807, 2.05) is 51.0 Å². The molecule has 0 bridgehead atoms. The highest BCUT2D eigenvalue weighted by Crippen LogP contribution is 2.21. The van der Waals surface area contributed by atoms with Crippen molar-refractivity contribution in [2.24, 2.45) is 7.05 Å². The van der Waals surface area contributed by atoms with Crippen molar-refractivity contribution in [3.8, 4) is 0 Å². The van der Waals surface area contributed by atoms with E-state index in [1.54, 1.807) is 15.8 Å². The molecule has 3 heterocycles. The van der Waals surface area contributed by atoms with Crippen LogP contribution in [0.5, 0.6) is 0 Å². The summed E-state index contributed by atoms with van der Waals surface area (Å²) in [6.07, 6.45) is 3.55. The fourth-order valence-corrected chi connectivity index (χ4v) is 2.63. The van der Waals surface area contributed by atoms with Gasteiger partial charge >= 0.3 is 0 Å². The first-order valence-electron chi connectivity index (χ1n) is 8.32. The molecule has 9 nitrogen and oxygen atoms in total. The van der Waals surface area contributed by atoms with E-state index < -0.39 is 0 Å². The summed E-state index contributed by atoms with van der Waals surface area (Å²) in [6, 6.07) is 0. The van der Waals surface area contributed by atoms with Gasteiger partial charge in [-0.2, -0.15) is 20.1 Å². The Morgan fingerprint density at radius 2 is 1.92 bits per heavy atom. The molecule has 0 aliphatic carbocycles. The summed E-state index contributed by atoms with van der Waals surface area (Å²) in [5, 5.41) is 4.14. The summed E-state index contributed by atoms with van der Waals surface area (Å²) >= 11 is 0. The molecule has 1 aliphatic heterocycles. The zero-order chi connectivity index (χ0) is 18.1. The maximum Gasteiger partial charge on any atom is 0.246 e. The Hall–Kier alpha value is -2.71. The topological polar surface area (TPSA) is 83.3 Å². The highest BCUT2D eigenvalue weighted by Gasteiger charge is 2.28. The third kappa shape index (κ3) is 3.54. The van der Waals surface area contributed by atoms with E-state index in [9.17, 15) is 4.79 Å². The number of hydrogen-bond donors (Lipinski definition) is 0. The molecule has 0 atom stereocenters. The molecule has 1 fully saturated rings. The Bertz CT molecular complexity index is 743. The second kappa shape index (κ2) is 6.66. The molecule has 0 N–H and O–H groups in total. The number of nitrogens with zero attached hydrogens (tertiary/aromatic N) is 8. The van der Waals surface area contributed by atoms with Crippen molar-refractivity contribution in [3.63, 3.8) is 0 Å². The van der Waals surface area contributed by atoms with Gasteiger partial charge in [0.25, 0.3) is 0 Å². The molecule has 25 heavy (non-hydrogen) atoms. The van der Waals surface area contributed by atoms with Crippen LogP contribution in [0.3, 0.4) is 0 Å². The molecule has 2 aromatic heterocycles. The fraction of sp³-hybridized carbons (Fsp3) is 0.562. The lowest BCUT2D eigenvalue weighted by Crippen LogP contribution is -2.51. The van der Waals surface area contributed by atoms with Gasteiger partial charge in [0.1, 0.15) is 12.4 Å². The van der Waals surface area contributed by atoms with Crippen LogP contribution in [-0.4, -0.2) is 64.4 Å². The quantitative estimate of drug-likeness (QED) is 0.805. The number of amides is 1. The van der Waals surface area contributed by atoms with Gasteiger partial charge in [0.15, 0.2) is 0 Å². The molecular weight excluding hydrogens is 320 g/mol. The molecule has 3 rings (SSSR count). The monoisotopic (exact) mass is 344 g/mol. The van der Waals surface area contributed by atoms with Gasteiger partial charge in [-0.25, -0.2) is 0 Å². The Kier molecular flexibility index (Phi) is 4.56. The molecule has 0 radical (unpaired) electrons. The number of carbonyl (C=O) groups is 1. The van der Waals surface area contributed by atoms with Crippen molar-refractivity contribution in [2.45, 2.75) is 19.8 Å². The second-order valence-corrected chi connectivity index (χ2v) is 6.68. The molecule has 134 valence electrons. The van der Waals surface area contributed by atoms with E-state index in [0.717, 1.165) is 11.5 Å². The Morgan fingerprint density at radius 1 is 1.16 bits per heavy atom. The number of anilines is 3. The van der Waals surface area contributed by atoms with Gasteiger partial charge in [-0.1, -0.05) is 13.8 Å². The van der Waals surface area contributed by atoms with E-state index in [-0.39, 0.29) is 18.4 Å². The zero-order valence-electron chi connectivity index (χ0n) is 15.3. The predicted octanol–water partition coefficient (Wildman–Crippen LogP) is 0.648. The van der Waals surface area contributed by atoms with E-state index in [2.05, 4.69) is 20.1 Å². The van der Waals surface area contributed by atoms with Crippen molar-refractivity contribution in [1.82, 2.24) is 24.7 Å². The lowest BCUT2D eigenvalue weighted by molar-refractivity contribution is -0.117. The van der Waals surface area contributed by atoms with Crippen molar-refractivity contribution >= 4 is 23.5 Å². The third-order valence-electron chi connectivity index (χ3n) is 4.05. The van der Waals surface area contributed by atoms with Crippen molar-refractivity contribution < 1.29 is 4.79 Å². The highest BCUT2D eigenvalue weighted by molar-refractivity contribution is 5.97. The first kappa shape index (κ1) is 17.1. The molecule has 2 aromatic rings. The number of piperazine rings is 1. The van der Waals surface area contributed by atoms with Crippen molar-refractivity contribution in [2.75, 3.05) is 48.4 Å². The third-order valence-corrected chi connectivity index (χ3v) is 4.05. The van der Waals surface area contributed by atoms with Crippen LogP contribution in [0.25, 0.3) is 0 Å². The number of rotatable bonds is 4. The molecule has 0 saturated carbocycles. The second-order valence-electron chi connectivity index (χ2n) is 6.68. The average Bonchev–Trinajstić information content (AvgIpc) is 3.00. The summed E-state index contributed by atoms with van der Waals surface area (Å²) < 4.78 is 1.69. The molecule has 0 aromatic carbocycles. The van der Waals surface area contributed by atoms with Crippen LogP contribution >= 0.6 is 0 Å². The Labute approximate surface area is 147 Å². The van der Waals surface area contributed by atoms with Gasteiger partial charge < -0.3 is 14.7 Å². The first-order chi connectivity index (χ1) is 11.8. The summed E-state index contributed by atoms with van der Waals surface area (Å²) in [5.41, 5.74) is 0.819. The van der Waals surface area contributed by atoms with Gasteiger partial charge in [0.05, 0.1) is 11.9 Å². The maximum atomic E-state index is 12.6. The van der Waals surface area contributed by atoms with Gasteiger partial charge in [-0.3, -0.25) is 9.48 Å². The molecule has 1 aliphatic rings. The SMILES string of the molecule is CC(C)c1nc(N(C)C)nc(N2CCN(c3cnn(C)c3)C(=O)C2)n1. The molecule has 1 saturated heterocycles. The minimum absolute atomic E-state index is 0.0113. The Balaban J connectivity index is 1.83. The minimum Gasteiger partial charge on any atom is -0.347 e. The highest BCUT2D eigenvalue weighted by atomic mass is 16.2. The summed E-state index contributed by atoms with van der Waals surface area (Å²) in [4.78, 5) is 31.7. The van der Waals surface area contributed by atoms with E-state index >= 15 is 0 Å². The van der Waals surface area contributed by atoms with Gasteiger partial charge in [-0.15, -0.1) is 0 Å². The minimum atomic E-state index is 0.0113. The van der Waals surface area contributed by atoms with Crippen LogP contribution < -0.4 is 14.7 Å².